The zero-order valence-electron chi connectivity index (χ0n) is 16.3. The molecule has 0 fully saturated rings. The summed E-state index contributed by atoms with van der Waals surface area (Å²) in [5.41, 5.74) is 5.82. The molecule has 156 valence electrons. The lowest BCUT2D eigenvalue weighted by Gasteiger charge is -2.31. The number of hydrogen-bond acceptors (Lipinski definition) is 9. The van der Waals surface area contributed by atoms with E-state index in [1.165, 1.54) is 0 Å². The maximum atomic E-state index is 13.3. The van der Waals surface area contributed by atoms with E-state index in [-0.39, 0.29) is 45.9 Å². The van der Waals surface area contributed by atoms with Crippen LogP contribution >= 0.6 is 15.2 Å². The fourth-order valence-corrected chi connectivity index (χ4v) is 7.72. The Labute approximate surface area is 156 Å². The Morgan fingerprint density at radius 3 is 1.46 bits per heavy atom. The van der Waals surface area contributed by atoms with Crippen molar-refractivity contribution in [2.75, 3.05) is 33.0 Å². The minimum absolute atomic E-state index is 0.00542. The van der Waals surface area contributed by atoms with E-state index in [2.05, 4.69) is 0 Å². The van der Waals surface area contributed by atoms with Crippen LogP contribution in [-0.2, 0) is 36.8 Å². The van der Waals surface area contributed by atoms with Crippen LogP contribution < -0.4 is 5.73 Å². The lowest BCUT2D eigenvalue weighted by atomic mass is 10.2. The molecule has 0 aliphatic heterocycles. The fourth-order valence-electron chi connectivity index (χ4n) is 2.32. The van der Waals surface area contributed by atoms with Crippen LogP contribution in [0.1, 0.15) is 47.5 Å². The molecule has 0 aromatic carbocycles. The normalized spacial score (nSPS) is 13.8. The second-order valence-corrected chi connectivity index (χ2v) is 10.0. The van der Waals surface area contributed by atoms with Crippen molar-refractivity contribution in [3.05, 3.63) is 0 Å². The smallest absolute Gasteiger partial charge is 0.345 e. The number of esters is 1. The van der Waals surface area contributed by atoms with Crippen molar-refractivity contribution in [3.8, 4) is 0 Å². The minimum Gasteiger partial charge on any atom is -0.465 e. The Bertz CT molecular complexity index is 452. The third-order valence-electron chi connectivity index (χ3n) is 3.29. The topological polar surface area (TPSA) is 123 Å². The van der Waals surface area contributed by atoms with Gasteiger partial charge in [0.15, 0.2) is 5.40 Å². The van der Waals surface area contributed by atoms with Gasteiger partial charge in [-0.05, 0) is 47.5 Å². The molecule has 0 aliphatic rings. The van der Waals surface area contributed by atoms with Gasteiger partial charge in [-0.1, -0.05) is 0 Å². The van der Waals surface area contributed by atoms with Gasteiger partial charge in [-0.2, -0.15) is 0 Å². The summed E-state index contributed by atoms with van der Waals surface area (Å²) in [6.45, 7) is 8.85. The molecule has 1 atom stereocenters. The summed E-state index contributed by atoms with van der Waals surface area (Å²) in [4.78, 5) is 11.7. The molecule has 0 bridgehead atoms. The van der Waals surface area contributed by atoms with Gasteiger partial charge < -0.3 is 28.6 Å². The molecular formula is C15H33NO8P2. The van der Waals surface area contributed by atoms with E-state index in [1.54, 1.807) is 34.6 Å². The Hall–Kier alpha value is -0.270. The molecule has 0 saturated heterocycles. The second kappa shape index (κ2) is 13.0. The van der Waals surface area contributed by atoms with Crippen LogP contribution in [-0.4, -0.2) is 50.4 Å². The highest BCUT2D eigenvalue weighted by atomic mass is 31.2. The van der Waals surface area contributed by atoms with E-state index in [0.717, 1.165) is 0 Å². The van der Waals surface area contributed by atoms with Gasteiger partial charge in [0.1, 0.15) is 6.04 Å². The highest BCUT2D eigenvalue weighted by Gasteiger charge is 2.50. The van der Waals surface area contributed by atoms with Crippen LogP contribution in [0.25, 0.3) is 0 Å². The average Bonchev–Trinajstić information content (AvgIpc) is 2.55. The van der Waals surface area contributed by atoms with Crippen molar-refractivity contribution in [2.24, 2.45) is 5.73 Å². The Morgan fingerprint density at radius 2 is 1.15 bits per heavy atom. The lowest BCUT2D eigenvalue weighted by molar-refractivity contribution is -0.144. The molecule has 0 amide bonds. The number of nitrogens with two attached hydrogens (primary N) is 1. The summed E-state index contributed by atoms with van der Waals surface area (Å²) in [7, 11) is -7.67. The van der Waals surface area contributed by atoms with Gasteiger partial charge in [-0.3, -0.25) is 13.9 Å². The van der Waals surface area contributed by atoms with Gasteiger partial charge in [0, 0.05) is 0 Å². The van der Waals surface area contributed by atoms with E-state index < -0.39 is 32.6 Å². The third-order valence-corrected chi connectivity index (χ3v) is 9.44. The molecule has 0 spiro atoms. The maximum absolute atomic E-state index is 13.3. The quantitative estimate of drug-likeness (QED) is 0.315. The second-order valence-electron chi connectivity index (χ2n) is 5.17. The van der Waals surface area contributed by atoms with E-state index in [0.29, 0.717) is 0 Å². The summed E-state index contributed by atoms with van der Waals surface area (Å²) < 4.78 is 52.9. The highest BCUT2D eigenvalue weighted by Crippen LogP contribution is 2.71. The van der Waals surface area contributed by atoms with Crippen LogP contribution in [0.5, 0.6) is 0 Å². The van der Waals surface area contributed by atoms with Crippen LogP contribution in [0.15, 0.2) is 0 Å². The van der Waals surface area contributed by atoms with Gasteiger partial charge in [0.2, 0.25) is 0 Å². The standard InChI is InChI=1S/C15H33NO8P2/c1-6-20-15(17)13(16)11-12-14(25(18,21-7-2)22-8-3)26(19,23-9-4)24-10-5/h13-14H,6-12,16H2,1-5H3. The number of carbonyl (C=O) groups is 1. The van der Waals surface area contributed by atoms with Gasteiger partial charge >= 0.3 is 21.2 Å². The molecule has 0 radical (unpaired) electrons. The van der Waals surface area contributed by atoms with E-state index in [4.69, 9.17) is 28.6 Å². The molecular weight excluding hydrogens is 384 g/mol. The Balaban J connectivity index is 5.67. The Kier molecular flexibility index (Phi) is 12.9. The Morgan fingerprint density at radius 1 is 0.769 bits per heavy atom. The first-order valence-electron chi connectivity index (χ1n) is 8.94. The molecule has 0 aliphatic carbocycles. The SMILES string of the molecule is CCOC(=O)C(N)CCC(P(=O)(OCC)OCC)P(=O)(OCC)OCC. The zero-order valence-corrected chi connectivity index (χ0v) is 18.1. The molecule has 0 aromatic heterocycles. The molecule has 1 unspecified atom stereocenters. The van der Waals surface area contributed by atoms with E-state index in [1.807, 2.05) is 0 Å². The van der Waals surface area contributed by atoms with Crippen molar-refractivity contribution in [1.82, 2.24) is 0 Å². The molecule has 0 heterocycles. The third kappa shape index (κ3) is 7.77. The summed E-state index contributed by atoms with van der Waals surface area (Å²) >= 11 is 0. The average molecular weight is 417 g/mol. The predicted octanol–water partition coefficient (Wildman–Crippen LogP) is 3.52. The maximum Gasteiger partial charge on any atom is 0.345 e. The van der Waals surface area contributed by atoms with Gasteiger partial charge in [0.05, 0.1) is 33.0 Å². The summed E-state index contributed by atoms with van der Waals surface area (Å²) in [5, 5.41) is -1.18. The van der Waals surface area contributed by atoms with Crippen molar-refractivity contribution in [3.63, 3.8) is 0 Å². The van der Waals surface area contributed by atoms with E-state index >= 15 is 0 Å². The largest absolute Gasteiger partial charge is 0.465 e. The number of ether oxygens (including phenoxy) is 1. The molecule has 11 heteroatoms. The van der Waals surface area contributed by atoms with Gasteiger partial charge in [-0.15, -0.1) is 0 Å². The first kappa shape index (κ1) is 25.7. The van der Waals surface area contributed by atoms with Gasteiger partial charge in [0.25, 0.3) is 0 Å². The molecule has 0 rings (SSSR count). The van der Waals surface area contributed by atoms with Crippen molar-refractivity contribution in [1.29, 1.82) is 0 Å². The number of hydrogen-bond donors (Lipinski definition) is 1. The molecule has 0 saturated carbocycles. The molecule has 0 aromatic rings. The lowest BCUT2D eigenvalue weighted by Crippen LogP contribution is -2.33. The van der Waals surface area contributed by atoms with Crippen molar-refractivity contribution in [2.45, 2.75) is 58.9 Å². The van der Waals surface area contributed by atoms with Crippen molar-refractivity contribution < 1.29 is 36.8 Å². The molecule has 9 nitrogen and oxygen atoms in total. The van der Waals surface area contributed by atoms with Gasteiger partial charge in [-0.25, -0.2) is 0 Å². The van der Waals surface area contributed by atoms with E-state index in [9.17, 15) is 13.9 Å². The van der Waals surface area contributed by atoms with Crippen LogP contribution in [0.2, 0.25) is 0 Å². The summed E-state index contributed by atoms with van der Waals surface area (Å²) in [6.07, 6.45) is 0.0618. The predicted molar refractivity (Wildman–Crippen MR) is 99.3 cm³/mol. The van der Waals surface area contributed by atoms with Crippen LogP contribution in [0, 0.1) is 0 Å². The number of carbonyl (C=O) groups excluding carboxylic acids is 1. The van der Waals surface area contributed by atoms with Crippen LogP contribution in [0.4, 0.5) is 0 Å². The molecule has 26 heavy (non-hydrogen) atoms. The molecule has 2 N–H and O–H groups in total. The number of rotatable bonds is 15. The first-order valence-corrected chi connectivity index (χ1v) is 12.2. The fraction of sp³-hybridized carbons (Fsp3) is 0.933. The minimum atomic E-state index is -3.83. The highest BCUT2D eigenvalue weighted by molar-refractivity contribution is 7.72. The first-order chi connectivity index (χ1) is 12.2. The monoisotopic (exact) mass is 417 g/mol. The summed E-state index contributed by atoms with van der Waals surface area (Å²) in [6, 6.07) is -0.953. The van der Waals surface area contributed by atoms with Crippen molar-refractivity contribution >= 4 is 21.2 Å². The van der Waals surface area contributed by atoms with Crippen LogP contribution in [0.3, 0.4) is 0 Å². The zero-order chi connectivity index (χ0) is 20.2. The summed E-state index contributed by atoms with van der Waals surface area (Å²) in [5.74, 6) is -0.587.